The van der Waals surface area contributed by atoms with Gasteiger partial charge in [-0.15, -0.1) is 34.4 Å². The largest absolute Gasteiger partial charge is 0.313 e. The lowest BCUT2D eigenvalue weighted by atomic mass is 9.88. The van der Waals surface area contributed by atoms with Crippen LogP contribution >= 0.6 is 34.4 Å². The minimum Gasteiger partial charge on any atom is -0.313 e. The molecule has 30 heavy (non-hydrogen) atoms. The highest BCUT2D eigenvalue weighted by molar-refractivity contribution is 7.98. The molecule has 3 nitrogen and oxygen atoms in total. The standard InChI is InChI=1S/C24H22N2OS3/c1-14-11-12-15-20(13-14)30-24(26-22(27)16-7-3-5-9-18(16)28-2)21(15)23-25-17-8-4-6-10-19(17)29-23/h3-10,14H,11-13H2,1-2H3,(H,26,27). The molecule has 2 heterocycles. The number of thiazole rings is 1. The summed E-state index contributed by atoms with van der Waals surface area (Å²) in [5.74, 6) is 0.633. The number of carbonyl (C=O) groups excluding carboxylic acids is 1. The number of nitrogens with one attached hydrogen (secondary N) is 1. The molecule has 2 aromatic heterocycles. The quantitative estimate of drug-likeness (QED) is 0.336. The molecule has 0 fully saturated rings. The molecule has 0 bridgehead atoms. The second kappa shape index (κ2) is 8.17. The highest BCUT2D eigenvalue weighted by atomic mass is 32.2. The van der Waals surface area contributed by atoms with Crippen molar-refractivity contribution in [2.75, 3.05) is 11.6 Å². The lowest BCUT2D eigenvalue weighted by Gasteiger charge is -2.18. The predicted molar refractivity (Wildman–Crippen MR) is 130 cm³/mol. The van der Waals surface area contributed by atoms with E-state index < -0.39 is 0 Å². The number of para-hydroxylation sites is 1. The van der Waals surface area contributed by atoms with Gasteiger partial charge in [-0.2, -0.15) is 0 Å². The van der Waals surface area contributed by atoms with Crippen molar-refractivity contribution in [1.82, 2.24) is 4.98 Å². The van der Waals surface area contributed by atoms with Gasteiger partial charge >= 0.3 is 0 Å². The number of amides is 1. The lowest BCUT2D eigenvalue weighted by Crippen LogP contribution is -2.13. The Labute approximate surface area is 188 Å². The Kier molecular flexibility index (Phi) is 5.39. The van der Waals surface area contributed by atoms with E-state index in [4.69, 9.17) is 4.98 Å². The summed E-state index contributed by atoms with van der Waals surface area (Å²) in [5.41, 5.74) is 4.26. The number of thioether (sulfide) groups is 1. The number of anilines is 1. The van der Waals surface area contributed by atoms with Crippen LogP contribution in [0.4, 0.5) is 5.00 Å². The number of rotatable bonds is 4. The van der Waals surface area contributed by atoms with Crippen molar-refractivity contribution < 1.29 is 4.79 Å². The van der Waals surface area contributed by atoms with Gasteiger partial charge < -0.3 is 5.32 Å². The molecule has 1 unspecified atom stereocenters. The van der Waals surface area contributed by atoms with Gasteiger partial charge in [0.05, 0.1) is 15.8 Å². The maximum atomic E-state index is 13.2. The van der Waals surface area contributed by atoms with Crippen molar-refractivity contribution >= 4 is 55.6 Å². The summed E-state index contributed by atoms with van der Waals surface area (Å²) in [6.45, 7) is 2.31. The molecule has 1 atom stereocenters. The molecule has 152 valence electrons. The fraction of sp³-hybridized carbons (Fsp3) is 0.250. The number of carbonyl (C=O) groups is 1. The van der Waals surface area contributed by atoms with Crippen LogP contribution in [0.1, 0.15) is 34.1 Å². The van der Waals surface area contributed by atoms with E-state index in [1.54, 1.807) is 34.4 Å². The van der Waals surface area contributed by atoms with Crippen LogP contribution in [-0.2, 0) is 12.8 Å². The zero-order valence-corrected chi connectivity index (χ0v) is 19.3. The third-order valence-electron chi connectivity index (χ3n) is 5.60. The van der Waals surface area contributed by atoms with Gasteiger partial charge in [-0.05, 0) is 61.3 Å². The number of hydrogen-bond acceptors (Lipinski definition) is 5. The second-order valence-corrected chi connectivity index (χ2v) is 10.7. The van der Waals surface area contributed by atoms with Crippen molar-refractivity contribution in [2.24, 2.45) is 5.92 Å². The van der Waals surface area contributed by atoms with Gasteiger partial charge in [0.1, 0.15) is 10.0 Å². The van der Waals surface area contributed by atoms with Gasteiger partial charge in [0, 0.05) is 15.3 Å². The average molecular weight is 451 g/mol. The topological polar surface area (TPSA) is 42.0 Å². The number of benzene rings is 2. The van der Waals surface area contributed by atoms with Crippen LogP contribution in [0.25, 0.3) is 20.8 Å². The van der Waals surface area contributed by atoms with Crippen molar-refractivity contribution in [3.05, 3.63) is 64.5 Å². The van der Waals surface area contributed by atoms with E-state index in [0.717, 1.165) is 44.4 Å². The predicted octanol–water partition coefficient (Wildman–Crippen LogP) is 7.12. The molecule has 0 saturated heterocycles. The van der Waals surface area contributed by atoms with Gasteiger partial charge in [0.25, 0.3) is 5.91 Å². The molecular formula is C24H22N2OS3. The summed E-state index contributed by atoms with van der Waals surface area (Å²) in [5, 5.41) is 5.20. The monoisotopic (exact) mass is 450 g/mol. The maximum Gasteiger partial charge on any atom is 0.257 e. The molecular weight excluding hydrogens is 428 g/mol. The maximum absolute atomic E-state index is 13.2. The van der Waals surface area contributed by atoms with E-state index in [-0.39, 0.29) is 5.91 Å². The minimum absolute atomic E-state index is 0.0473. The second-order valence-electron chi connectivity index (χ2n) is 7.70. The Morgan fingerprint density at radius 3 is 2.77 bits per heavy atom. The Bertz CT molecular complexity index is 1210. The Morgan fingerprint density at radius 1 is 1.13 bits per heavy atom. The van der Waals surface area contributed by atoms with Crippen LogP contribution in [0.2, 0.25) is 0 Å². The lowest BCUT2D eigenvalue weighted by molar-refractivity contribution is 0.102. The highest BCUT2D eigenvalue weighted by Crippen LogP contribution is 2.47. The first-order chi connectivity index (χ1) is 14.6. The minimum atomic E-state index is -0.0473. The normalized spacial score (nSPS) is 15.9. The molecule has 4 aromatic rings. The summed E-state index contributed by atoms with van der Waals surface area (Å²) >= 11 is 5.05. The fourth-order valence-electron chi connectivity index (χ4n) is 4.05. The van der Waals surface area contributed by atoms with E-state index in [0.29, 0.717) is 5.92 Å². The number of thiophene rings is 1. The first-order valence-electron chi connectivity index (χ1n) is 10.1. The summed E-state index contributed by atoms with van der Waals surface area (Å²) < 4.78 is 1.18. The van der Waals surface area contributed by atoms with Crippen molar-refractivity contribution in [2.45, 2.75) is 31.1 Å². The van der Waals surface area contributed by atoms with Gasteiger partial charge in [-0.25, -0.2) is 4.98 Å². The van der Waals surface area contributed by atoms with Crippen LogP contribution in [-0.4, -0.2) is 17.1 Å². The summed E-state index contributed by atoms with van der Waals surface area (Å²) in [6.07, 6.45) is 5.32. The van der Waals surface area contributed by atoms with Gasteiger partial charge in [0.15, 0.2) is 0 Å². The molecule has 0 aliphatic heterocycles. The third kappa shape index (κ3) is 3.57. The molecule has 6 heteroatoms. The number of nitrogens with zero attached hydrogens (tertiary/aromatic N) is 1. The fourth-order valence-corrected chi connectivity index (χ4v) is 7.16. The molecule has 2 aromatic carbocycles. The van der Waals surface area contributed by atoms with Gasteiger partial charge in [-0.3, -0.25) is 4.79 Å². The molecule has 5 rings (SSSR count). The molecule has 1 aliphatic rings. The Balaban J connectivity index is 1.60. The number of aromatic nitrogens is 1. The van der Waals surface area contributed by atoms with Crippen molar-refractivity contribution in [1.29, 1.82) is 0 Å². The zero-order valence-electron chi connectivity index (χ0n) is 16.9. The SMILES string of the molecule is CSc1ccccc1C(=O)Nc1sc2c(c1-c1nc3ccccc3s1)CCC(C)C2. The Morgan fingerprint density at radius 2 is 1.93 bits per heavy atom. The van der Waals surface area contributed by atoms with Crippen molar-refractivity contribution in [3.63, 3.8) is 0 Å². The van der Waals surface area contributed by atoms with Crippen LogP contribution in [0.3, 0.4) is 0 Å². The smallest absolute Gasteiger partial charge is 0.257 e. The summed E-state index contributed by atoms with van der Waals surface area (Å²) in [6, 6.07) is 16.0. The molecule has 1 N–H and O–H groups in total. The average Bonchev–Trinajstić information content (AvgIpc) is 3.33. The van der Waals surface area contributed by atoms with Crippen LogP contribution in [0.15, 0.2) is 53.4 Å². The van der Waals surface area contributed by atoms with E-state index in [1.807, 2.05) is 36.6 Å². The molecule has 0 spiro atoms. The number of fused-ring (bicyclic) bond motifs is 2. The zero-order chi connectivity index (χ0) is 20.7. The van der Waals surface area contributed by atoms with E-state index in [2.05, 4.69) is 30.4 Å². The van der Waals surface area contributed by atoms with Crippen LogP contribution in [0, 0.1) is 5.92 Å². The summed E-state index contributed by atoms with van der Waals surface area (Å²) in [7, 11) is 0. The molecule has 0 saturated carbocycles. The van der Waals surface area contributed by atoms with Gasteiger partial charge in [-0.1, -0.05) is 31.2 Å². The third-order valence-corrected chi connectivity index (χ3v) is 8.62. The molecule has 1 aliphatic carbocycles. The van der Waals surface area contributed by atoms with Crippen LogP contribution in [0.5, 0.6) is 0 Å². The first-order valence-corrected chi connectivity index (χ1v) is 12.9. The van der Waals surface area contributed by atoms with Gasteiger partial charge in [0.2, 0.25) is 0 Å². The molecule has 1 amide bonds. The van der Waals surface area contributed by atoms with E-state index in [1.165, 1.54) is 21.6 Å². The highest BCUT2D eigenvalue weighted by Gasteiger charge is 2.27. The van der Waals surface area contributed by atoms with Crippen LogP contribution < -0.4 is 5.32 Å². The molecule has 0 radical (unpaired) electrons. The van der Waals surface area contributed by atoms with Crippen molar-refractivity contribution in [3.8, 4) is 10.6 Å². The summed E-state index contributed by atoms with van der Waals surface area (Å²) in [4.78, 5) is 20.5. The van der Waals surface area contributed by atoms with E-state index in [9.17, 15) is 4.79 Å². The number of hydrogen-bond donors (Lipinski definition) is 1. The Hall–Kier alpha value is -2.15. The van der Waals surface area contributed by atoms with E-state index >= 15 is 0 Å². The first kappa shape index (κ1) is 19.8.